The van der Waals surface area contributed by atoms with E-state index >= 15 is 0 Å². The Bertz CT molecular complexity index is 907. The Morgan fingerprint density at radius 1 is 1.05 bits per heavy atom. The number of benzene rings is 1. The first-order valence-electron chi connectivity index (χ1n) is 6.59. The molecule has 0 saturated heterocycles. The van der Waals surface area contributed by atoms with E-state index in [1.54, 1.807) is 17.0 Å². The molecule has 0 radical (unpaired) electrons. The van der Waals surface area contributed by atoms with Gasteiger partial charge in [-0.05, 0) is 31.2 Å². The highest BCUT2D eigenvalue weighted by atomic mass is 15.4. The Labute approximate surface area is 120 Å². The minimum atomic E-state index is 0.752. The minimum absolute atomic E-state index is 0.752. The van der Waals surface area contributed by atoms with Crippen molar-refractivity contribution in [1.29, 1.82) is 0 Å². The molecule has 6 heteroatoms. The van der Waals surface area contributed by atoms with Crippen LogP contribution in [0.2, 0.25) is 0 Å². The molecule has 0 N–H and O–H groups in total. The van der Waals surface area contributed by atoms with Gasteiger partial charge in [0, 0.05) is 23.6 Å². The van der Waals surface area contributed by atoms with Crippen molar-refractivity contribution in [1.82, 2.24) is 29.4 Å². The van der Waals surface area contributed by atoms with Crippen molar-refractivity contribution in [3.05, 3.63) is 60.9 Å². The number of nitrogens with zero attached hydrogens (tertiary/aromatic N) is 6. The second kappa shape index (κ2) is 4.52. The topological polar surface area (TPSA) is 60.9 Å². The van der Waals surface area contributed by atoms with Crippen molar-refractivity contribution < 1.29 is 0 Å². The lowest BCUT2D eigenvalue weighted by Crippen LogP contribution is -1.97. The van der Waals surface area contributed by atoms with E-state index in [1.165, 1.54) is 0 Å². The molecule has 6 nitrogen and oxygen atoms in total. The highest BCUT2D eigenvalue weighted by Gasteiger charge is 2.06. The van der Waals surface area contributed by atoms with E-state index in [1.807, 2.05) is 48.0 Å². The van der Waals surface area contributed by atoms with Gasteiger partial charge in [0.05, 0.1) is 12.0 Å². The first-order chi connectivity index (χ1) is 10.3. The first-order valence-corrected chi connectivity index (χ1v) is 6.59. The van der Waals surface area contributed by atoms with Crippen LogP contribution in [0.15, 0.2) is 55.1 Å². The Hall–Kier alpha value is -3.02. The van der Waals surface area contributed by atoms with Crippen LogP contribution in [0.5, 0.6) is 0 Å². The summed E-state index contributed by atoms with van der Waals surface area (Å²) in [4.78, 5) is 4.07. The van der Waals surface area contributed by atoms with Crippen LogP contribution >= 0.6 is 0 Å². The average Bonchev–Trinajstić information content (AvgIpc) is 3.18. The third-order valence-corrected chi connectivity index (χ3v) is 3.36. The highest BCUT2D eigenvalue weighted by molar-refractivity contribution is 5.63. The predicted octanol–water partition coefficient (Wildman–Crippen LogP) is 2.29. The van der Waals surface area contributed by atoms with Crippen molar-refractivity contribution in [2.24, 2.45) is 0 Å². The summed E-state index contributed by atoms with van der Waals surface area (Å²) in [6.07, 6.45) is 5.46. The molecule has 0 saturated carbocycles. The fraction of sp³-hybridized carbons (Fsp3) is 0.0667. The molecule has 3 heterocycles. The Morgan fingerprint density at radius 3 is 2.86 bits per heavy atom. The fourth-order valence-corrected chi connectivity index (χ4v) is 2.29. The average molecular weight is 276 g/mol. The van der Waals surface area contributed by atoms with Gasteiger partial charge in [-0.15, -0.1) is 10.2 Å². The number of hydrogen-bond donors (Lipinski definition) is 0. The normalized spacial score (nSPS) is 11.1. The van der Waals surface area contributed by atoms with Crippen molar-refractivity contribution in [3.8, 4) is 16.9 Å². The largest absolute Gasteiger partial charge is 0.306 e. The summed E-state index contributed by atoms with van der Waals surface area (Å²) in [5.41, 5.74) is 3.72. The summed E-state index contributed by atoms with van der Waals surface area (Å²) in [6.45, 7) is 1.89. The lowest BCUT2D eigenvalue weighted by molar-refractivity contribution is 0.879. The molecule has 4 rings (SSSR count). The summed E-state index contributed by atoms with van der Waals surface area (Å²) in [5.74, 6) is 0.776. The molecule has 0 aliphatic carbocycles. The number of hydrogen-bond acceptors (Lipinski definition) is 4. The molecule has 21 heavy (non-hydrogen) atoms. The molecule has 102 valence electrons. The molecule has 0 fully saturated rings. The number of aromatic nitrogens is 6. The van der Waals surface area contributed by atoms with Gasteiger partial charge in [-0.2, -0.15) is 9.61 Å². The summed E-state index contributed by atoms with van der Waals surface area (Å²) in [7, 11) is 0. The van der Waals surface area contributed by atoms with Gasteiger partial charge in [0.1, 0.15) is 0 Å². The molecule has 0 aliphatic heterocycles. The quantitative estimate of drug-likeness (QED) is 0.563. The molecular weight excluding hydrogens is 264 g/mol. The van der Waals surface area contributed by atoms with Crippen LogP contribution in [0.3, 0.4) is 0 Å². The minimum Gasteiger partial charge on any atom is -0.306 e. The molecular formula is C15H12N6. The second-order valence-electron chi connectivity index (χ2n) is 4.76. The van der Waals surface area contributed by atoms with Crippen LogP contribution in [0.1, 0.15) is 5.82 Å². The van der Waals surface area contributed by atoms with Gasteiger partial charge in [0.2, 0.25) is 0 Å². The van der Waals surface area contributed by atoms with Crippen LogP contribution < -0.4 is 0 Å². The van der Waals surface area contributed by atoms with Crippen LogP contribution in [0.25, 0.3) is 22.6 Å². The molecule has 0 aliphatic rings. The van der Waals surface area contributed by atoms with Gasteiger partial charge in [-0.3, -0.25) is 0 Å². The van der Waals surface area contributed by atoms with Gasteiger partial charge in [-0.1, -0.05) is 12.1 Å². The van der Waals surface area contributed by atoms with E-state index in [0.717, 1.165) is 28.4 Å². The van der Waals surface area contributed by atoms with Gasteiger partial charge in [0.25, 0.3) is 0 Å². The molecule has 1 aromatic carbocycles. The highest BCUT2D eigenvalue weighted by Crippen LogP contribution is 2.20. The summed E-state index contributed by atoms with van der Waals surface area (Å²) >= 11 is 0. The van der Waals surface area contributed by atoms with Crippen molar-refractivity contribution in [2.75, 3.05) is 0 Å². The van der Waals surface area contributed by atoms with E-state index in [9.17, 15) is 0 Å². The summed E-state index contributed by atoms with van der Waals surface area (Å²) in [5, 5.41) is 12.7. The SMILES string of the molecule is Cc1nnc2ccc(-c3cccc(-n4ccnc4)c3)nn12. The third kappa shape index (κ3) is 1.97. The fourth-order valence-electron chi connectivity index (χ4n) is 2.29. The Morgan fingerprint density at radius 2 is 2.00 bits per heavy atom. The smallest absolute Gasteiger partial charge is 0.177 e. The van der Waals surface area contributed by atoms with E-state index in [4.69, 9.17) is 0 Å². The van der Waals surface area contributed by atoms with Gasteiger partial charge in [0.15, 0.2) is 11.5 Å². The van der Waals surface area contributed by atoms with E-state index in [-0.39, 0.29) is 0 Å². The molecule has 0 bridgehead atoms. The van der Waals surface area contributed by atoms with E-state index < -0.39 is 0 Å². The maximum Gasteiger partial charge on any atom is 0.177 e. The Kier molecular flexibility index (Phi) is 2.53. The molecule has 0 unspecified atom stereocenters. The standard InChI is InChI=1S/C15H12N6/c1-11-17-18-15-6-5-14(19-21(11)15)12-3-2-4-13(9-12)20-8-7-16-10-20/h2-10H,1H3. The van der Waals surface area contributed by atoms with Crippen molar-refractivity contribution >= 4 is 5.65 Å². The zero-order chi connectivity index (χ0) is 14.2. The Balaban J connectivity index is 1.84. The molecule has 0 atom stereocenters. The second-order valence-corrected chi connectivity index (χ2v) is 4.76. The van der Waals surface area contributed by atoms with Crippen LogP contribution in [-0.2, 0) is 0 Å². The van der Waals surface area contributed by atoms with Gasteiger partial charge in [-0.25, -0.2) is 4.98 Å². The lowest BCUT2D eigenvalue weighted by Gasteiger charge is -2.06. The molecule has 3 aromatic heterocycles. The molecule has 0 amide bonds. The van der Waals surface area contributed by atoms with Gasteiger partial charge >= 0.3 is 0 Å². The summed E-state index contributed by atoms with van der Waals surface area (Å²) in [6, 6.07) is 12.0. The lowest BCUT2D eigenvalue weighted by atomic mass is 10.1. The van der Waals surface area contributed by atoms with Crippen LogP contribution in [0.4, 0.5) is 0 Å². The predicted molar refractivity (Wildman–Crippen MR) is 78.1 cm³/mol. The van der Waals surface area contributed by atoms with Crippen molar-refractivity contribution in [2.45, 2.75) is 6.92 Å². The monoisotopic (exact) mass is 276 g/mol. The van der Waals surface area contributed by atoms with Crippen LogP contribution in [-0.4, -0.2) is 29.4 Å². The van der Waals surface area contributed by atoms with E-state index in [2.05, 4.69) is 26.3 Å². The number of aryl methyl sites for hydroxylation is 1. The number of rotatable bonds is 2. The number of fused-ring (bicyclic) bond motifs is 1. The van der Waals surface area contributed by atoms with Crippen molar-refractivity contribution in [3.63, 3.8) is 0 Å². The summed E-state index contributed by atoms with van der Waals surface area (Å²) < 4.78 is 3.71. The molecule has 4 aromatic rings. The maximum absolute atomic E-state index is 4.59. The first kappa shape index (κ1) is 11.8. The third-order valence-electron chi connectivity index (χ3n) is 3.36. The molecule has 0 spiro atoms. The number of imidazole rings is 1. The zero-order valence-corrected chi connectivity index (χ0v) is 11.4. The van der Waals surface area contributed by atoms with E-state index in [0.29, 0.717) is 0 Å². The van der Waals surface area contributed by atoms with Crippen LogP contribution in [0, 0.1) is 6.92 Å². The maximum atomic E-state index is 4.59. The zero-order valence-electron chi connectivity index (χ0n) is 11.4. The van der Waals surface area contributed by atoms with Gasteiger partial charge < -0.3 is 4.57 Å².